The van der Waals surface area contributed by atoms with E-state index in [4.69, 9.17) is 21.6 Å². The molecule has 0 bridgehead atoms. The van der Waals surface area contributed by atoms with Crippen LogP contribution >= 0.6 is 11.6 Å². The third-order valence-electron chi connectivity index (χ3n) is 5.52. The fourth-order valence-corrected chi connectivity index (χ4v) is 4.80. The average Bonchev–Trinajstić information content (AvgIpc) is 2.88. The van der Waals surface area contributed by atoms with Gasteiger partial charge in [0.05, 0.1) is 16.3 Å². The van der Waals surface area contributed by atoms with Gasteiger partial charge in [0.15, 0.2) is 11.2 Å². The van der Waals surface area contributed by atoms with Crippen LogP contribution in [-0.4, -0.2) is 29.1 Å². The van der Waals surface area contributed by atoms with E-state index in [2.05, 4.69) is 19.7 Å². The maximum Gasteiger partial charge on any atom is 0.213 e. The average molecular weight is 517 g/mol. The van der Waals surface area contributed by atoms with Gasteiger partial charge < -0.3 is 4.98 Å². The van der Waals surface area contributed by atoms with Crippen molar-refractivity contribution in [2.75, 3.05) is 0 Å². The van der Waals surface area contributed by atoms with Crippen LogP contribution in [0.25, 0.3) is 33.7 Å². The number of aromatic nitrogens is 5. The topological polar surface area (TPSA) is 114 Å². The molecule has 0 saturated carbocycles. The molecule has 1 aromatic carbocycles. The highest BCUT2D eigenvalue weighted by atomic mass is 35.5. The van der Waals surface area contributed by atoms with Gasteiger partial charge in [-0.3, -0.25) is 9.78 Å². The molecule has 5 rings (SSSR count). The van der Waals surface area contributed by atoms with Crippen LogP contribution in [0.15, 0.2) is 76.7 Å². The molecular weight excluding hydrogens is 496 g/mol. The number of halogens is 1. The SMILES string of the molecule is Cc1ccc(S(=O)NCc2c[nH]c3nc(-c4ccccc4)c(-c4cc(C)nc(Cl)c4)nc3c2=O)cn1. The van der Waals surface area contributed by atoms with Crippen LogP contribution in [0, 0.1) is 13.8 Å². The maximum atomic E-state index is 13.4. The summed E-state index contributed by atoms with van der Waals surface area (Å²) in [6.45, 7) is 3.77. The van der Waals surface area contributed by atoms with Gasteiger partial charge in [-0.2, -0.15) is 0 Å². The normalized spacial score (nSPS) is 12.1. The predicted octanol–water partition coefficient (Wildman–Crippen LogP) is 4.52. The lowest BCUT2D eigenvalue weighted by Gasteiger charge is -2.12. The smallest absolute Gasteiger partial charge is 0.213 e. The molecule has 1 atom stereocenters. The Labute approximate surface area is 214 Å². The third-order valence-corrected chi connectivity index (χ3v) is 6.79. The Balaban J connectivity index is 1.58. The largest absolute Gasteiger partial charge is 0.344 e. The highest BCUT2D eigenvalue weighted by Crippen LogP contribution is 2.31. The molecule has 4 aromatic heterocycles. The number of hydrogen-bond acceptors (Lipinski definition) is 6. The number of nitrogens with zero attached hydrogens (tertiary/aromatic N) is 4. The molecular formula is C26H21ClN6O2S. The summed E-state index contributed by atoms with van der Waals surface area (Å²) in [6, 6.07) is 16.7. The van der Waals surface area contributed by atoms with Gasteiger partial charge in [-0.25, -0.2) is 23.9 Å². The number of nitrogens with one attached hydrogen (secondary N) is 2. The fourth-order valence-electron chi connectivity index (χ4n) is 3.75. The minimum Gasteiger partial charge on any atom is -0.344 e. The van der Waals surface area contributed by atoms with E-state index in [1.807, 2.05) is 50.2 Å². The third kappa shape index (κ3) is 4.94. The molecule has 4 heterocycles. The first-order valence-electron chi connectivity index (χ1n) is 11.1. The van der Waals surface area contributed by atoms with Crippen LogP contribution in [-0.2, 0) is 17.5 Å². The molecule has 8 nitrogen and oxygen atoms in total. The van der Waals surface area contributed by atoms with Crippen molar-refractivity contribution in [3.05, 3.63) is 99.3 Å². The van der Waals surface area contributed by atoms with Gasteiger partial charge in [-0.15, -0.1) is 0 Å². The number of aromatic amines is 1. The predicted molar refractivity (Wildman–Crippen MR) is 141 cm³/mol. The summed E-state index contributed by atoms with van der Waals surface area (Å²) in [4.78, 5) is 34.9. The Morgan fingerprint density at radius 2 is 1.72 bits per heavy atom. The van der Waals surface area contributed by atoms with Crippen molar-refractivity contribution in [2.24, 2.45) is 0 Å². The Bertz CT molecular complexity index is 1640. The molecule has 180 valence electrons. The lowest BCUT2D eigenvalue weighted by molar-refractivity contribution is 0.671. The van der Waals surface area contributed by atoms with Crippen LogP contribution in [0.3, 0.4) is 0 Å². The summed E-state index contributed by atoms with van der Waals surface area (Å²) in [7, 11) is -1.53. The molecule has 2 N–H and O–H groups in total. The van der Waals surface area contributed by atoms with E-state index in [1.165, 1.54) is 0 Å². The highest BCUT2D eigenvalue weighted by molar-refractivity contribution is 7.83. The Morgan fingerprint density at radius 3 is 2.44 bits per heavy atom. The van der Waals surface area contributed by atoms with E-state index < -0.39 is 11.0 Å². The van der Waals surface area contributed by atoms with E-state index >= 15 is 0 Å². The number of pyridine rings is 3. The number of rotatable bonds is 6. The van der Waals surface area contributed by atoms with Crippen molar-refractivity contribution in [1.29, 1.82) is 0 Å². The first kappa shape index (κ1) is 23.9. The Morgan fingerprint density at radius 1 is 0.944 bits per heavy atom. The molecule has 1 unspecified atom stereocenters. The van der Waals surface area contributed by atoms with Crippen LogP contribution in [0.2, 0.25) is 5.15 Å². The first-order valence-corrected chi connectivity index (χ1v) is 12.6. The number of benzene rings is 1. The zero-order valence-electron chi connectivity index (χ0n) is 19.4. The van der Waals surface area contributed by atoms with E-state index in [-0.39, 0.29) is 17.5 Å². The summed E-state index contributed by atoms with van der Waals surface area (Å²) in [5.41, 5.74) is 4.84. The van der Waals surface area contributed by atoms with Crippen molar-refractivity contribution in [3.8, 4) is 22.5 Å². The van der Waals surface area contributed by atoms with Crippen LogP contribution in [0.5, 0.6) is 0 Å². The molecule has 0 amide bonds. The van der Waals surface area contributed by atoms with Gasteiger partial charge in [0.25, 0.3) is 0 Å². The van der Waals surface area contributed by atoms with Crippen molar-refractivity contribution in [3.63, 3.8) is 0 Å². The maximum absolute atomic E-state index is 13.4. The van der Waals surface area contributed by atoms with Crippen LogP contribution in [0.4, 0.5) is 0 Å². The van der Waals surface area contributed by atoms with Crippen LogP contribution < -0.4 is 10.2 Å². The number of hydrogen-bond donors (Lipinski definition) is 2. The van der Waals surface area contributed by atoms with Crippen LogP contribution in [0.1, 0.15) is 17.0 Å². The Hall–Kier alpha value is -3.79. The fraction of sp³-hybridized carbons (Fsp3) is 0.115. The first-order chi connectivity index (χ1) is 17.4. The summed E-state index contributed by atoms with van der Waals surface area (Å²) in [5, 5.41) is 0.325. The minimum absolute atomic E-state index is 0.0728. The molecule has 0 radical (unpaired) electrons. The number of H-pyrrole nitrogens is 1. The quantitative estimate of drug-likeness (QED) is 0.321. The summed E-state index contributed by atoms with van der Waals surface area (Å²) in [6.07, 6.45) is 3.12. The van der Waals surface area contributed by atoms with Gasteiger partial charge in [0.2, 0.25) is 5.43 Å². The lowest BCUT2D eigenvalue weighted by atomic mass is 10.0. The zero-order valence-corrected chi connectivity index (χ0v) is 21.0. The van der Waals surface area contributed by atoms with E-state index in [0.717, 1.165) is 17.0 Å². The van der Waals surface area contributed by atoms with Crippen molar-refractivity contribution in [1.82, 2.24) is 29.6 Å². The second kappa shape index (κ2) is 10.1. The van der Waals surface area contributed by atoms with Gasteiger partial charge >= 0.3 is 0 Å². The molecule has 10 heteroatoms. The van der Waals surface area contributed by atoms with E-state index in [1.54, 1.807) is 30.6 Å². The monoisotopic (exact) mass is 516 g/mol. The standard InChI is InChI=1S/C26H21ClN6O2S/c1-15-8-9-20(14-28-15)36(35)30-13-19-12-29-26-24(25(19)34)32-23(18-10-16(2)31-21(27)11-18)22(33-26)17-6-4-3-5-7-17/h3-12,14,30H,13H2,1-2H3,(H,29,33,34). The Kier molecular flexibility index (Phi) is 6.69. The summed E-state index contributed by atoms with van der Waals surface area (Å²) < 4.78 is 15.5. The van der Waals surface area contributed by atoms with E-state index in [0.29, 0.717) is 38.2 Å². The second-order valence-corrected chi connectivity index (χ2v) is 9.86. The molecule has 36 heavy (non-hydrogen) atoms. The summed E-state index contributed by atoms with van der Waals surface area (Å²) >= 11 is 6.23. The van der Waals surface area contributed by atoms with E-state index in [9.17, 15) is 9.00 Å². The second-order valence-electron chi connectivity index (χ2n) is 8.17. The number of aryl methyl sites for hydroxylation is 2. The van der Waals surface area contributed by atoms with Gasteiger partial charge in [0, 0.05) is 47.0 Å². The molecule has 0 aliphatic heterocycles. The molecule has 0 aliphatic carbocycles. The molecule has 0 saturated heterocycles. The molecule has 0 spiro atoms. The highest BCUT2D eigenvalue weighted by Gasteiger charge is 2.17. The van der Waals surface area contributed by atoms with Crippen molar-refractivity contribution < 1.29 is 4.21 Å². The summed E-state index contributed by atoms with van der Waals surface area (Å²) in [5.74, 6) is 0. The van der Waals surface area contributed by atoms with Gasteiger partial charge in [-0.1, -0.05) is 41.9 Å². The van der Waals surface area contributed by atoms with Gasteiger partial charge in [-0.05, 0) is 38.1 Å². The van der Waals surface area contributed by atoms with Crippen molar-refractivity contribution >= 4 is 33.8 Å². The lowest BCUT2D eigenvalue weighted by Crippen LogP contribution is -2.23. The number of fused-ring (bicyclic) bond motifs is 1. The molecule has 0 fully saturated rings. The minimum atomic E-state index is -1.53. The molecule has 0 aliphatic rings. The zero-order chi connectivity index (χ0) is 25.2. The molecule has 5 aromatic rings. The van der Waals surface area contributed by atoms with Gasteiger partial charge in [0.1, 0.15) is 16.1 Å². The van der Waals surface area contributed by atoms with Crippen molar-refractivity contribution in [2.45, 2.75) is 25.3 Å².